The molecule has 0 radical (unpaired) electrons. The molecule has 0 fully saturated rings. The summed E-state index contributed by atoms with van der Waals surface area (Å²) < 4.78 is 13.2. The summed E-state index contributed by atoms with van der Waals surface area (Å²) in [6, 6.07) is 32.3. The molecule has 232 valence electrons. The summed E-state index contributed by atoms with van der Waals surface area (Å²) in [5.74, 6) is 3.33. The summed E-state index contributed by atoms with van der Waals surface area (Å²) in [7, 11) is 0. The molecule has 4 aromatic rings. The second-order valence-corrected chi connectivity index (χ2v) is 13.6. The van der Waals surface area contributed by atoms with Crippen molar-refractivity contribution in [2.75, 3.05) is 6.54 Å². The van der Waals surface area contributed by atoms with Crippen molar-refractivity contribution in [3.63, 3.8) is 0 Å². The highest BCUT2D eigenvalue weighted by Crippen LogP contribution is 2.37. The number of ether oxygens (including phenoxy) is 2. The zero-order valence-corrected chi connectivity index (χ0v) is 27.4. The van der Waals surface area contributed by atoms with Gasteiger partial charge < -0.3 is 15.2 Å². The van der Waals surface area contributed by atoms with Crippen LogP contribution in [-0.4, -0.2) is 23.3 Å². The van der Waals surface area contributed by atoms with Gasteiger partial charge in [0.25, 0.3) is 0 Å². The van der Waals surface area contributed by atoms with Crippen LogP contribution in [0.15, 0.2) is 97.1 Å². The lowest BCUT2D eigenvalue weighted by Crippen LogP contribution is -2.34. The van der Waals surface area contributed by atoms with E-state index in [0.29, 0.717) is 26.1 Å². The van der Waals surface area contributed by atoms with Crippen molar-refractivity contribution < 1.29 is 14.3 Å². The van der Waals surface area contributed by atoms with Crippen molar-refractivity contribution in [1.82, 2.24) is 4.90 Å². The lowest BCUT2D eigenvalue weighted by Gasteiger charge is -2.27. The van der Waals surface area contributed by atoms with Crippen LogP contribution in [-0.2, 0) is 28.7 Å². The molecule has 0 saturated heterocycles. The van der Waals surface area contributed by atoms with Gasteiger partial charge in [-0.3, -0.25) is 9.69 Å². The predicted octanol–water partition coefficient (Wildman–Crippen LogP) is 9.17. The van der Waals surface area contributed by atoms with E-state index >= 15 is 0 Å². The Morgan fingerprint density at radius 1 is 0.636 bits per heavy atom. The fraction of sp³-hybridized carbons (Fsp3) is 0.359. The SMILES string of the molecule is CC(=O)[C@@H](N)CCN(Cc1ccccc1Oc1ccccc1C(C)(C)C)Cc1ccccc1Oc1ccccc1C(C)(C)C. The number of nitrogens with two attached hydrogens (primary N) is 1. The summed E-state index contributed by atoms with van der Waals surface area (Å²) >= 11 is 0. The van der Waals surface area contributed by atoms with Crippen LogP contribution in [0.4, 0.5) is 0 Å². The van der Waals surface area contributed by atoms with Crippen LogP contribution in [0.3, 0.4) is 0 Å². The third-order valence-electron chi connectivity index (χ3n) is 7.84. The van der Waals surface area contributed by atoms with Gasteiger partial charge in [-0.05, 0) is 48.4 Å². The van der Waals surface area contributed by atoms with Crippen molar-refractivity contribution in [2.45, 2.75) is 84.8 Å². The molecule has 0 unspecified atom stereocenters. The average molecular weight is 593 g/mol. The van der Waals surface area contributed by atoms with Gasteiger partial charge in [0.2, 0.25) is 0 Å². The van der Waals surface area contributed by atoms with Crippen molar-refractivity contribution in [1.29, 1.82) is 0 Å². The van der Waals surface area contributed by atoms with Crippen LogP contribution in [0.2, 0.25) is 0 Å². The van der Waals surface area contributed by atoms with Crippen molar-refractivity contribution in [3.05, 3.63) is 119 Å². The zero-order valence-electron chi connectivity index (χ0n) is 27.4. The minimum absolute atomic E-state index is 0.00464. The fourth-order valence-electron chi connectivity index (χ4n) is 5.28. The van der Waals surface area contributed by atoms with Crippen molar-refractivity contribution >= 4 is 5.78 Å². The molecule has 4 aromatic carbocycles. The van der Waals surface area contributed by atoms with Crippen LogP contribution < -0.4 is 15.2 Å². The molecule has 0 aliphatic heterocycles. The van der Waals surface area contributed by atoms with Gasteiger partial charge in [-0.1, -0.05) is 114 Å². The quantitative estimate of drug-likeness (QED) is 0.178. The number of benzene rings is 4. The smallest absolute Gasteiger partial charge is 0.146 e. The molecule has 0 aliphatic carbocycles. The highest BCUT2D eigenvalue weighted by molar-refractivity contribution is 5.81. The van der Waals surface area contributed by atoms with Gasteiger partial charge in [-0.2, -0.15) is 0 Å². The van der Waals surface area contributed by atoms with Crippen molar-refractivity contribution in [2.24, 2.45) is 5.73 Å². The Morgan fingerprint density at radius 3 is 1.39 bits per heavy atom. The Bertz CT molecular complexity index is 1440. The van der Waals surface area contributed by atoms with E-state index in [0.717, 1.165) is 45.3 Å². The summed E-state index contributed by atoms with van der Waals surface area (Å²) in [5.41, 5.74) is 10.5. The number of carbonyl (C=O) groups excluding carboxylic acids is 1. The van der Waals surface area contributed by atoms with Crippen LogP contribution in [0.25, 0.3) is 0 Å². The molecule has 0 aliphatic rings. The third-order valence-corrected chi connectivity index (χ3v) is 7.84. The second kappa shape index (κ2) is 14.2. The number of hydrogen-bond acceptors (Lipinski definition) is 5. The number of Topliss-reactive ketones (excluding diaryl/α,β-unsaturated/α-hetero) is 1. The molecule has 5 heteroatoms. The van der Waals surface area contributed by atoms with E-state index in [4.69, 9.17) is 15.2 Å². The first kappa shape index (κ1) is 33.0. The topological polar surface area (TPSA) is 64.8 Å². The molecule has 1 atom stereocenters. The number of carbonyl (C=O) groups is 1. The normalized spacial score (nSPS) is 12.7. The van der Waals surface area contributed by atoms with Gasteiger partial charge in [0, 0.05) is 41.9 Å². The van der Waals surface area contributed by atoms with E-state index in [-0.39, 0.29) is 16.6 Å². The molecule has 4 rings (SSSR count). The Hall–Kier alpha value is -3.93. The molecular weight excluding hydrogens is 544 g/mol. The number of hydrogen-bond donors (Lipinski definition) is 1. The van der Waals surface area contributed by atoms with Crippen molar-refractivity contribution in [3.8, 4) is 23.0 Å². The number of rotatable bonds is 12. The van der Waals surface area contributed by atoms with Crippen LogP contribution in [0.1, 0.15) is 77.1 Å². The third kappa shape index (κ3) is 8.81. The van der Waals surface area contributed by atoms with Gasteiger partial charge >= 0.3 is 0 Å². The maximum atomic E-state index is 12.0. The molecule has 0 saturated carbocycles. The van der Waals surface area contributed by atoms with Crippen LogP contribution >= 0.6 is 0 Å². The molecular formula is C39H48N2O3. The van der Waals surface area contributed by atoms with Crippen LogP contribution in [0, 0.1) is 0 Å². The maximum Gasteiger partial charge on any atom is 0.146 e. The predicted molar refractivity (Wildman–Crippen MR) is 181 cm³/mol. The lowest BCUT2D eigenvalue weighted by atomic mass is 9.86. The maximum absolute atomic E-state index is 12.0. The standard InChI is InChI=1S/C39H48N2O3/c1-28(42)33(40)24-25-41(26-29-16-8-12-20-34(29)43-36-22-14-10-18-31(36)38(2,3)4)27-30-17-9-13-21-35(30)44-37-23-15-11-19-32(37)39(5,6)7/h8-23,33H,24-27,40H2,1-7H3/t33-/m0/s1. The largest absolute Gasteiger partial charge is 0.457 e. The summed E-state index contributed by atoms with van der Waals surface area (Å²) in [6.07, 6.45) is 0.557. The number of nitrogens with zero attached hydrogens (tertiary/aromatic N) is 1. The first-order valence-electron chi connectivity index (χ1n) is 15.5. The van der Waals surface area contributed by atoms with Gasteiger partial charge in [0.05, 0.1) is 6.04 Å². The Morgan fingerprint density at radius 2 is 1.00 bits per heavy atom. The van der Waals surface area contributed by atoms with Gasteiger partial charge in [0.15, 0.2) is 0 Å². The highest BCUT2D eigenvalue weighted by Gasteiger charge is 2.22. The van der Waals surface area contributed by atoms with E-state index in [1.807, 2.05) is 60.7 Å². The summed E-state index contributed by atoms with van der Waals surface area (Å²) in [5, 5.41) is 0. The summed E-state index contributed by atoms with van der Waals surface area (Å²) in [6.45, 7) is 16.6. The first-order chi connectivity index (χ1) is 20.8. The Kier molecular flexibility index (Phi) is 10.7. The number of ketones is 1. The molecule has 44 heavy (non-hydrogen) atoms. The molecule has 0 heterocycles. The van der Waals surface area contributed by atoms with Crippen LogP contribution in [0.5, 0.6) is 23.0 Å². The van der Waals surface area contributed by atoms with E-state index in [2.05, 4.69) is 82.8 Å². The fourth-order valence-corrected chi connectivity index (χ4v) is 5.28. The molecule has 0 aromatic heterocycles. The van der Waals surface area contributed by atoms with E-state index in [1.165, 1.54) is 0 Å². The summed E-state index contributed by atoms with van der Waals surface area (Å²) in [4.78, 5) is 14.3. The minimum atomic E-state index is -0.507. The monoisotopic (exact) mass is 592 g/mol. The highest BCUT2D eigenvalue weighted by atomic mass is 16.5. The molecule has 2 N–H and O–H groups in total. The Labute approximate surface area is 264 Å². The minimum Gasteiger partial charge on any atom is -0.457 e. The molecule has 0 bridgehead atoms. The van der Waals surface area contributed by atoms with E-state index < -0.39 is 6.04 Å². The first-order valence-corrected chi connectivity index (χ1v) is 15.5. The zero-order chi connectivity index (χ0) is 31.9. The lowest BCUT2D eigenvalue weighted by molar-refractivity contribution is -0.118. The second-order valence-electron chi connectivity index (χ2n) is 13.6. The molecule has 5 nitrogen and oxygen atoms in total. The average Bonchev–Trinajstić information content (AvgIpc) is 2.97. The molecule has 0 spiro atoms. The van der Waals surface area contributed by atoms with E-state index in [9.17, 15) is 4.79 Å². The number of para-hydroxylation sites is 4. The van der Waals surface area contributed by atoms with Gasteiger partial charge in [-0.25, -0.2) is 0 Å². The van der Waals surface area contributed by atoms with E-state index in [1.54, 1.807) is 6.92 Å². The van der Waals surface area contributed by atoms with Gasteiger partial charge in [0.1, 0.15) is 28.8 Å². The Balaban J connectivity index is 1.64. The molecule has 0 amide bonds. The van der Waals surface area contributed by atoms with Gasteiger partial charge in [-0.15, -0.1) is 0 Å².